The highest BCUT2D eigenvalue weighted by atomic mass is 16.5. The number of nitrogens with one attached hydrogen (secondary N) is 2. The second-order valence-corrected chi connectivity index (χ2v) is 7.02. The van der Waals surface area contributed by atoms with Crippen molar-refractivity contribution in [1.82, 2.24) is 10.6 Å². The van der Waals surface area contributed by atoms with Crippen LogP contribution >= 0.6 is 0 Å². The lowest BCUT2D eigenvalue weighted by Gasteiger charge is -2.20. The van der Waals surface area contributed by atoms with Crippen molar-refractivity contribution in [3.63, 3.8) is 0 Å². The molecule has 0 aromatic carbocycles. The van der Waals surface area contributed by atoms with E-state index in [9.17, 15) is 9.90 Å². The quantitative estimate of drug-likeness (QED) is 0.508. The third kappa shape index (κ3) is 15.6. The summed E-state index contributed by atoms with van der Waals surface area (Å²) in [7, 11) is 0. The Kier molecular flexibility index (Phi) is 10.6. The van der Waals surface area contributed by atoms with Crippen LogP contribution in [-0.4, -0.2) is 49.0 Å². The third-order valence-electron chi connectivity index (χ3n) is 2.80. The molecule has 0 aromatic heterocycles. The lowest BCUT2D eigenvalue weighted by Crippen LogP contribution is -2.42. The maximum atomic E-state index is 11.6. The summed E-state index contributed by atoms with van der Waals surface area (Å²) in [5, 5.41) is 15.7. The summed E-state index contributed by atoms with van der Waals surface area (Å²) in [5.41, 5.74) is -0.194. The van der Waals surface area contributed by atoms with E-state index in [-0.39, 0.29) is 11.4 Å². The van der Waals surface area contributed by atoms with Crippen LogP contribution in [0, 0.1) is 5.92 Å². The summed E-state index contributed by atoms with van der Waals surface area (Å²) in [6, 6.07) is 0. The molecular weight excluding hydrogens is 268 g/mol. The van der Waals surface area contributed by atoms with Crippen LogP contribution in [0.25, 0.3) is 0 Å². The van der Waals surface area contributed by atoms with Gasteiger partial charge in [-0.2, -0.15) is 0 Å². The lowest BCUT2D eigenvalue weighted by molar-refractivity contribution is -0.122. The van der Waals surface area contributed by atoms with Crippen LogP contribution in [0.2, 0.25) is 0 Å². The number of hydrogen-bond donors (Lipinski definition) is 3. The molecule has 5 nitrogen and oxygen atoms in total. The van der Waals surface area contributed by atoms with Crippen molar-refractivity contribution >= 4 is 5.91 Å². The molecule has 3 N–H and O–H groups in total. The number of ether oxygens (including phenoxy) is 1. The molecule has 21 heavy (non-hydrogen) atoms. The number of aliphatic hydroxyl groups is 1. The molecule has 126 valence electrons. The summed E-state index contributed by atoms with van der Waals surface area (Å²) in [6.07, 6.45) is 2.08. The average Bonchev–Trinajstić information content (AvgIpc) is 2.31. The predicted octanol–water partition coefficient (Wildman–Crippen LogP) is 1.69. The summed E-state index contributed by atoms with van der Waals surface area (Å²) in [6.45, 7) is 12.3. The number of aliphatic hydroxyl groups excluding tert-OH is 1. The molecule has 0 aromatic rings. The predicted molar refractivity (Wildman–Crippen MR) is 86.3 cm³/mol. The van der Waals surface area contributed by atoms with Gasteiger partial charge in [-0.15, -0.1) is 0 Å². The first kappa shape index (κ1) is 20.3. The Labute approximate surface area is 129 Å². The normalized spacial score (nSPS) is 13.5. The molecule has 0 aliphatic carbocycles. The molecule has 0 aliphatic heterocycles. The number of carbonyl (C=O) groups excluding carboxylic acids is 1. The molecule has 5 heteroatoms. The largest absolute Gasteiger partial charge is 0.389 e. The van der Waals surface area contributed by atoms with Crippen LogP contribution in [-0.2, 0) is 9.53 Å². The molecule has 0 spiro atoms. The summed E-state index contributed by atoms with van der Waals surface area (Å²) >= 11 is 0. The van der Waals surface area contributed by atoms with Gasteiger partial charge in [0.1, 0.15) is 0 Å². The zero-order chi connectivity index (χ0) is 16.3. The Balaban J connectivity index is 3.45. The van der Waals surface area contributed by atoms with Crippen molar-refractivity contribution in [1.29, 1.82) is 0 Å². The van der Waals surface area contributed by atoms with Crippen LogP contribution in [0.1, 0.15) is 53.9 Å². The Morgan fingerprint density at radius 1 is 1.29 bits per heavy atom. The van der Waals surface area contributed by atoms with Crippen molar-refractivity contribution in [2.24, 2.45) is 5.92 Å². The SMILES string of the molecule is CC(C)CCCOCC(O)CNCCC(=O)NC(C)(C)C. The molecular formula is C16H34N2O3. The summed E-state index contributed by atoms with van der Waals surface area (Å²) < 4.78 is 5.42. The first-order valence-corrected chi connectivity index (χ1v) is 7.98. The highest BCUT2D eigenvalue weighted by molar-refractivity contribution is 5.76. The van der Waals surface area contributed by atoms with Gasteiger partial charge in [-0.25, -0.2) is 0 Å². The lowest BCUT2D eigenvalue weighted by atomic mass is 10.1. The van der Waals surface area contributed by atoms with Crippen molar-refractivity contribution in [3.8, 4) is 0 Å². The van der Waals surface area contributed by atoms with Gasteiger partial charge < -0.3 is 20.5 Å². The van der Waals surface area contributed by atoms with E-state index in [2.05, 4.69) is 24.5 Å². The van der Waals surface area contributed by atoms with E-state index < -0.39 is 6.10 Å². The van der Waals surface area contributed by atoms with Crippen LogP contribution < -0.4 is 10.6 Å². The topological polar surface area (TPSA) is 70.6 Å². The van der Waals surface area contributed by atoms with E-state index in [1.165, 1.54) is 0 Å². The molecule has 0 saturated carbocycles. The Morgan fingerprint density at radius 3 is 2.52 bits per heavy atom. The van der Waals surface area contributed by atoms with Crippen LogP contribution in [0.5, 0.6) is 0 Å². The molecule has 0 radical (unpaired) electrons. The number of carbonyl (C=O) groups is 1. The van der Waals surface area contributed by atoms with Gasteiger partial charge in [-0.05, 0) is 39.5 Å². The molecule has 1 unspecified atom stereocenters. The first-order chi connectivity index (χ1) is 9.70. The molecule has 1 amide bonds. The smallest absolute Gasteiger partial charge is 0.221 e. The van der Waals surface area contributed by atoms with Crippen LogP contribution in [0.15, 0.2) is 0 Å². The highest BCUT2D eigenvalue weighted by Gasteiger charge is 2.13. The minimum Gasteiger partial charge on any atom is -0.389 e. The van der Waals surface area contributed by atoms with Crippen LogP contribution in [0.4, 0.5) is 0 Å². The average molecular weight is 302 g/mol. The highest BCUT2D eigenvalue weighted by Crippen LogP contribution is 2.03. The molecule has 0 saturated heterocycles. The minimum atomic E-state index is -0.519. The second-order valence-electron chi connectivity index (χ2n) is 7.02. The van der Waals surface area contributed by atoms with Gasteiger partial charge in [0.15, 0.2) is 0 Å². The van der Waals surface area contributed by atoms with Gasteiger partial charge in [0, 0.05) is 31.7 Å². The van der Waals surface area contributed by atoms with E-state index in [4.69, 9.17) is 4.74 Å². The Bertz CT molecular complexity index is 275. The van der Waals surface area contributed by atoms with Crippen molar-refractivity contribution < 1.29 is 14.6 Å². The van der Waals surface area contributed by atoms with Crippen molar-refractivity contribution in [3.05, 3.63) is 0 Å². The fourth-order valence-corrected chi connectivity index (χ4v) is 1.82. The summed E-state index contributed by atoms with van der Waals surface area (Å²) in [5.74, 6) is 0.717. The van der Waals surface area contributed by atoms with E-state index in [1.807, 2.05) is 20.8 Å². The van der Waals surface area contributed by atoms with Gasteiger partial charge in [-0.1, -0.05) is 13.8 Å². The number of hydrogen-bond acceptors (Lipinski definition) is 4. The Hall–Kier alpha value is -0.650. The van der Waals surface area contributed by atoms with Crippen molar-refractivity contribution in [2.75, 3.05) is 26.3 Å². The monoisotopic (exact) mass is 302 g/mol. The molecule has 0 aliphatic rings. The maximum Gasteiger partial charge on any atom is 0.221 e. The van der Waals surface area contributed by atoms with E-state index in [1.54, 1.807) is 0 Å². The number of amides is 1. The van der Waals surface area contributed by atoms with E-state index in [0.717, 1.165) is 12.8 Å². The zero-order valence-corrected chi connectivity index (χ0v) is 14.4. The number of rotatable bonds is 11. The third-order valence-corrected chi connectivity index (χ3v) is 2.80. The molecule has 0 rings (SSSR count). The molecule has 1 atom stereocenters. The van der Waals surface area contributed by atoms with E-state index in [0.29, 0.717) is 38.6 Å². The zero-order valence-electron chi connectivity index (χ0n) is 14.4. The van der Waals surface area contributed by atoms with Gasteiger partial charge in [-0.3, -0.25) is 4.79 Å². The maximum absolute atomic E-state index is 11.6. The van der Waals surface area contributed by atoms with Crippen LogP contribution in [0.3, 0.4) is 0 Å². The fourth-order valence-electron chi connectivity index (χ4n) is 1.82. The minimum absolute atomic E-state index is 0.0226. The fraction of sp³-hybridized carbons (Fsp3) is 0.938. The molecule has 0 bridgehead atoms. The standard InChI is InChI=1S/C16H34N2O3/c1-13(2)7-6-10-21-12-14(19)11-17-9-8-15(20)18-16(3,4)5/h13-14,17,19H,6-12H2,1-5H3,(H,18,20). The van der Waals surface area contributed by atoms with Crippen molar-refractivity contribution in [2.45, 2.75) is 65.5 Å². The molecule has 0 fully saturated rings. The van der Waals surface area contributed by atoms with Gasteiger partial charge in [0.25, 0.3) is 0 Å². The second kappa shape index (κ2) is 11.0. The Morgan fingerprint density at radius 2 is 1.95 bits per heavy atom. The summed E-state index contributed by atoms with van der Waals surface area (Å²) in [4.78, 5) is 11.6. The van der Waals surface area contributed by atoms with E-state index >= 15 is 0 Å². The molecule has 0 heterocycles. The first-order valence-electron chi connectivity index (χ1n) is 7.98. The van der Waals surface area contributed by atoms with Gasteiger partial charge in [0.2, 0.25) is 5.91 Å². The van der Waals surface area contributed by atoms with Gasteiger partial charge >= 0.3 is 0 Å². The van der Waals surface area contributed by atoms with Gasteiger partial charge in [0.05, 0.1) is 12.7 Å².